The molecule has 22 heavy (non-hydrogen) atoms. The van der Waals surface area contributed by atoms with Crippen molar-refractivity contribution in [2.75, 3.05) is 4.72 Å². The Morgan fingerprint density at radius 1 is 1.14 bits per heavy atom. The first-order chi connectivity index (χ1) is 10.5. The number of aromatic nitrogens is 1. The maximum absolute atomic E-state index is 12.2. The highest BCUT2D eigenvalue weighted by Crippen LogP contribution is 2.29. The Bertz CT molecular complexity index is 897. The number of nitrogens with zero attached hydrogens (tertiary/aromatic N) is 1. The van der Waals surface area contributed by atoms with Gasteiger partial charge >= 0.3 is 0 Å². The van der Waals surface area contributed by atoms with Gasteiger partial charge in [0.1, 0.15) is 4.21 Å². The molecule has 0 atom stereocenters. The highest BCUT2D eigenvalue weighted by molar-refractivity contribution is 7.94. The first-order valence-electron chi connectivity index (χ1n) is 6.55. The Labute approximate surface area is 137 Å². The van der Waals surface area contributed by atoms with Gasteiger partial charge in [-0.05, 0) is 36.9 Å². The van der Waals surface area contributed by atoms with Crippen LogP contribution in [0.4, 0.5) is 5.13 Å². The number of aryl methyl sites for hydroxylation is 2. The number of nitrogens with one attached hydrogen (secondary N) is 1. The van der Waals surface area contributed by atoms with E-state index in [1.165, 1.54) is 22.7 Å². The van der Waals surface area contributed by atoms with Gasteiger partial charge in [0.15, 0.2) is 5.13 Å². The molecule has 0 unspecified atom stereocenters. The quantitative estimate of drug-likeness (QED) is 0.763. The van der Waals surface area contributed by atoms with E-state index < -0.39 is 10.0 Å². The average Bonchev–Trinajstić information content (AvgIpc) is 3.12. The van der Waals surface area contributed by atoms with E-state index in [1.54, 1.807) is 17.5 Å². The van der Waals surface area contributed by atoms with Crippen LogP contribution < -0.4 is 4.72 Å². The summed E-state index contributed by atoms with van der Waals surface area (Å²) in [5, 5.41) is 3.98. The van der Waals surface area contributed by atoms with E-state index in [9.17, 15) is 8.42 Å². The molecule has 7 heteroatoms. The number of thiazole rings is 1. The third-order valence-electron chi connectivity index (χ3n) is 3.15. The largest absolute Gasteiger partial charge is 0.273 e. The van der Waals surface area contributed by atoms with Crippen molar-refractivity contribution in [1.82, 2.24) is 4.98 Å². The zero-order chi connectivity index (χ0) is 15.7. The fourth-order valence-electron chi connectivity index (χ4n) is 2.04. The summed E-state index contributed by atoms with van der Waals surface area (Å²) in [6.45, 7) is 4.04. The normalized spacial score (nSPS) is 11.5. The van der Waals surface area contributed by atoms with Gasteiger partial charge < -0.3 is 0 Å². The lowest BCUT2D eigenvalue weighted by Gasteiger charge is -2.04. The third kappa shape index (κ3) is 3.06. The molecule has 1 N–H and O–H groups in total. The molecule has 0 aliphatic rings. The molecule has 0 saturated heterocycles. The molecule has 3 aromatic rings. The van der Waals surface area contributed by atoms with Gasteiger partial charge in [0.05, 0.1) is 5.69 Å². The Morgan fingerprint density at radius 2 is 1.95 bits per heavy atom. The summed E-state index contributed by atoms with van der Waals surface area (Å²) in [5.74, 6) is 0. The molecular formula is C15H14N2O2S3. The Balaban J connectivity index is 1.90. The van der Waals surface area contributed by atoms with Crippen LogP contribution in [0.15, 0.2) is 45.3 Å². The molecule has 3 rings (SSSR count). The predicted octanol–water partition coefficient (Wildman–Crippen LogP) is 4.29. The van der Waals surface area contributed by atoms with Crippen molar-refractivity contribution in [3.05, 3.63) is 52.2 Å². The van der Waals surface area contributed by atoms with E-state index >= 15 is 0 Å². The first kappa shape index (κ1) is 15.2. The van der Waals surface area contributed by atoms with Crippen LogP contribution in [0.3, 0.4) is 0 Å². The van der Waals surface area contributed by atoms with Gasteiger partial charge in [-0.15, -0.1) is 22.7 Å². The molecule has 0 bridgehead atoms. The van der Waals surface area contributed by atoms with Gasteiger partial charge in [0.25, 0.3) is 10.0 Å². The highest BCUT2D eigenvalue weighted by atomic mass is 32.2. The van der Waals surface area contributed by atoms with E-state index in [0.29, 0.717) is 5.13 Å². The third-order valence-corrected chi connectivity index (χ3v) is 6.78. The number of rotatable bonds is 4. The van der Waals surface area contributed by atoms with Crippen LogP contribution in [0.25, 0.3) is 11.3 Å². The SMILES string of the molecule is Cc1ccc(C)c(-c2csc(NS(=O)(=O)c3cccs3)n2)c1. The van der Waals surface area contributed by atoms with Crippen LogP contribution in [-0.2, 0) is 10.0 Å². The summed E-state index contributed by atoms with van der Waals surface area (Å²) < 4.78 is 27.2. The molecule has 0 radical (unpaired) electrons. The van der Waals surface area contributed by atoms with Crippen LogP contribution in [0, 0.1) is 13.8 Å². The topological polar surface area (TPSA) is 59.1 Å². The van der Waals surface area contributed by atoms with Gasteiger partial charge in [-0.3, -0.25) is 4.72 Å². The second-order valence-electron chi connectivity index (χ2n) is 4.89. The summed E-state index contributed by atoms with van der Waals surface area (Å²) >= 11 is 2.47. The Morgan fingerprint density at radius 3 is 2.68 bits per heavy atom. The van der Waals surface area contributed by atoms with Crippen molar-refractivity contribution in [2.45, 2.75) is 18.1 Å². The van der Waals surface area contributed by atoms with Crippen LogP contribution in [-0.4, -0.2) is 13.4 Å². The van der Waals surface area contributed by atoms with Gasteiger partial charge in [0.2, 0.25) is 0 Å². The average molecular weight is 350 g/mol. The first-order valence-corrected chi connectivity index (χ1v) is 9.79. The Kier molecular flexibility index (Phi) is 4.03. The van der Waals surface area contributed by atoms with Gasteiger partial charge in [-0.25, -0.2) is 13.4 Å². The number of benzene rings is 1. The summed E-state index contributed by atoms with van der Waals surface area (Å²) in [6, 6.07) is 9.43. The molecule has 0 fully saturated rings. The van der Waals surface area contributed by atoms with Gasteiger partial charge in [-0.2, -0.15) is 0 Å². The highest BCUT2D eigenvalue weighted by Gasteiger charge is 2.17. The van der Waals surface area contributed by atoms with Crippen LogP contribution in [0.2, 0.25) is 0 Å². The fourth-order valence-corrected chi connectivity index (χ4v) is 4.99. The molecule has 0 aliphatic heterocycles. The molecule has 0 spiro atoms. The second-order valence-corrected chi connectivity index (χ2v) is 8.61. The van der Waals surface area contributed by atoms with Crippen LogP contribution in [0.1, 0.15) is 11.1 Å². The molecule has 2 heterocycles. The van der Waals surface area contributed by atoms with E-state index in [0.717, 1.165) is 22.4 Å². The van der Waals surface area contributed by atoms with Crippen LogP contribution in [0.5, 0.6) is 0 Å². The lowest BCUT2D eigenvalue weighted by Crippen LogP contribution is -2.11. The molecule has 0 aliphatic carbocycles. The van der Waals surface area contributed by atoms with Crippen molar-refractivity contribution in [1.29, 1.82) is 0 Å². The van der Waals surface area contributed by atoms with Gasteiger partial charge in [-0.1, -0.05) is 23.8 Å². The molecule has 0 amide bonds. The number of anilines is 1. The van der Waals surface area contributed by atoms with Crippen molar-refractivity contribution in [3.63, 3.8) is 0 Å². The molecule has 114 valence electrons. The smallest absolute Gasteiger partial charge is 0.254 e. The number of hydrogen-bond donors (Lipinski definition) is 1. The summed E-state index contributed by atoms with van der Waals surface area (Å²) in [7, 11) is -3.54. The van der Waals surface area contributed by atoms with Crippen molar-refractivity contribution < 1.29 is 8.42 Å². The zero-order valence-corrected chi connectivity index (χ0v) is 14.5. The van der Waals surface area contributed by atoms with E-state index in [1.807, 2.05) is 31.4 Å². The summed E-state index contributed by atoms with van der Waals surface area (Å²) in [5.41, 5.74) is 4.07. The van der Waals surface area contributed by atoms with E-state index in [4.69, 9.17) is 0 Å². The molecule has 2 aromatic heterocycles. The molecular weight excluding hydrogens is 336 g/mol. The minimum atomic E-state index is -3.54. The van der Waals surface area contributed by atoms with E-state index in [2.05, 4.69) is 15.8 Å². The van der Waals surface area contributed by atoms with E-state index in [-0.39, 0.29) is 4.21 Å². The Hall–Kier alpha value is -1.70. The lowest BCUT2D eigenvalue weighted by atomic mass is 10.0. The second kappa shape index (κ2) is 5.83. The summed E-state index contributed by atoms with van der Waals surface area (Å²) in [6.07, 6.45) is 0. The maximum Gasteiger partial charge on any atom is 0.273 e. The predicted molar refractivity (Wildman–Crippen MR) is 92.2 cm³/mol. The summed E-state index contributed by atoms with van der Waals surface area (Å²) in [4.78, 5) is 4.41. The number of sulfonamides is 1. The fraction of sp³-hybridized carbons (Fsp3) is 0.133. The van der Waals surface area contributed by atoms with Crippen molar-refractivity contribution in [3.8, 4) is 11.3 Å². The lowest BCUT2D eigenvalue weighted by molar-refractivity contribution is 0.603. The van der Waals surface area contributed by atoms with Crippen molar-refractivity contribution >= 4 is 37.8 Å². The number of hydrogen-bond acceptors (Lipinski definition) is 5. The molecule has 4 nitrogen and oxygen atoms in total. The standard InChI is InChI=1S/C15H14N2O2S3/c1-10-5-6-11(2)12(8-10)13-9-21-15(16-13)17-22(18,19)14-4-3-7-20-14/h3-9H,1-2H3,(H,16,17). The van der Waals surface area contributed by atoms with Crippen LogP contribution >= 0.6 is 22.7 Å². The van der Waals surface area contributed by atoms with Crippen molar-refractivity contribution in [2.24, 2.45) is 0 Å². The maximum atomic E-state index is 12.2. The molecule has 0 saturated carbocycles. The molecule has 1 aromatic carbocycles. The minimum absolute atomic E-state index is 0.288. The number of thiophene rings is 1. The van der Waals surface area contributed by atoms with Gasteiger partial charge in [0, 0.05) is 10.9 Å². The zero-order valence-electron chi connectivity index (χ0n) is 12.0. The minimum Gasteiger partial charge on any atom is -0.254 e. The monoisotopic (exact) mass is 350 g/mol.